The molecule has 78 valence electrons. The van der Waals surface area contributed by atoms with E-state index >= 15 is 0 Å². The zero-order valence-electron chi connectivity index (χ0n) is 8.24. The van der Waals surface area contributed by atoms with E-state index < -0.39 is 0 Å². The monoisotopic (exact) mass is 224 g/mol. The first-order chi connectivity index (χ1) is 7.22. The normalized spacial score (nSPS) is 10.6. The van der Waals surface area contributed by atoms with E-state index in [1.807, 2.05) is 17.6 Å². The van der Waals surface area contributed by atoms with E-state index in [-0.39, 0.29) is 5.82 Å². The van der Waals surface area contributed by atoms with Gasteiger partial charge in [0.2, 0.25) is 5.28 Å². The zero-order chi connectivity index (χ0) is 10.8. The molecule has 0 N–H and O–H groups in total. The summed E-state index contributed by atoms with van der Waals surface area (Å²) in [5.74, 6) is -0.257. The molecule has 4 heteroatoms. The predicted octanol–water partition coefficient (Wildman–Crippen LogP) is 3.36. The lowest BCUT2D eigenvalue weighted by atomic mass is 10.1. The van der Waals surface area contributed by atoms with Crippen LogP contribution in [0, 0.1) is 5.82 Å². The molecular formula is C11H10ClFN2. The fraction of sp³-hybridized carbons (Fsp3) is 0.182. The number of imidazole rings is 1. The van der Waals surface area contributed by atoms with Gasteiger partial charge in [0.05, 0.1) is 11.9 Å². The molecule has 2 nitrogen and oxygen atoms in total. The average molecular weight is 225 g/mol. The van der Waals surface area contributed by atoms with Crippen molar-refractivity contribution in [3.63, 3.8) is 0 Å². The Morgan fingerprint density at radius 2 is 2.27 bits per heavy atom. The highest BCUT2D eigenvalue weighted by atomic mass is 35.5. The van der Waals surface area contributed by atoms with Crippen LogP contribution in [0.4, 0.5) is 4.39 Å². The molecule has 0 spiro atoms. The Balaban J connectivity index is 2.54. The minimum absolute atomic E-state index is 0.257. The van der Waals surface area contributed by atoms with Crippen molar-refractivity contribution >= 4 is 11.6 Å². The van der Waals surface area contributed by atoms with Gasteiger partial charge >= 0.3 is 0 Å². The highest BCUT2D eigenvalue weighted by Crippen LogP contribution is 2.23. The van der Waals surface area contributed by atoms with Crippen LogP contribution in [0.5, 0.6) is 0 Å². The molecule has 0 fully saturated rings. The van der Waals surface area contributed by atoms with E-state index in [2.05, 4.69) is 4.98 Å². The lowest BCUT2D eigenvalue weighted by molar-refractivity contribution is 0.628. The van der Waals surface area contributed by atoms with E-state index in [0.717, 1.165) is 11.3 Å². The van der Waals surface area contributed by atoms with Gasteiger partial charge in [-0.3, -0.25) is 0 Å². The van der Waals surface area contributed by atoms with E-state index in [4.69, 9.17) is 11.6 Å². The van der Waals surface area contributed by atoms with E-state index in [9.17, 15) is 4.39 Å². The largest absolute Gasteiger partial charge is 0.315 e. The summed E-state index contributed by atoms with van der Waals surface area (Å²) in [6, 6.07) is 6.39. The van der Waals surface area contributed by atoms with Gasteiger partial charge in [-0.25, -0.2) is 9.37 Å². The second-order valence-electron chi connectivity index (χ2n) is 3.17. The summed E-state index contributed by atoms with van der Waals surface area (Å²) >= 11 is 5.89. The van der Waals surface area contributed by atoms with Crippen molar-refractivity contribution in [1.82, 2.24) is 9.55 Å². The molecule has 0 atom stereocenters. The summed E-state index contributed by atoms with van der Waals surface area (Å²) < 4.78 is 14.9. The van der Waals surface area contributed by atoms with E-state index in [1.165, 1.54) is 12.1 Å². The minimum atomic E-state index is -0.257. The maximum absolute atomic E-state index is 13.0. The standard InChI is InChI=1S/C11H10ClFN2/c1-2-15-10(7-14-11(15)12)8-4-3-5-9(13)6-8/h3-7H,2H2,1H3. The Kier molecular flexibility index (Phi) is 2.73. The number of hydrogen-bond donors (Lipinski definition) is 0. The summed E-state index contributed by atoms with van der Waals surface area (Å²) in [6.45, 7) is 2.68. The highest BCUT2D eigenvalue weighted by molar-refractivity contribution is 6.28. The third kappa shape index (κ3) is 1.88. The Morgan fingerprint density at radius 1 is 1.47 bits per heavy atom. The Morgan fingerprint density at radius 3 is 2.93 bits per heavy atom. The van der Waals surface area contributed by atoms with Gasteiger partial charge in [-0.15, -0.1) is 0 Å². The van der Waals surface area contributed by atoms with Crippen LogP contribution in [-0.4, -0.2) is 9.55 Å². The quantitative estimate of drug-likeness (QED) is 0.765. The predicted molar refractivity (Wildman–Crippen MR) is 58.3 cm³/mol. The summed E-state index contributed by atoms with van der Waals surface area (Å²) in [5, 5.41) is 0.428. The van der Waals surface area contributed by atoms with Gasteiger partial charge in [-0.05, 0) is 30.7 Å². The lowest BCUT2D eigenvalue weighted by Crippen LogP contribution is -1.96. The van der Waals surface area contributed by atoms with Crippen LogP contribution in [-0.2, 0) is 6.54 Å². The van der Waals surface area contributed by atoms with Gasteiger partial charge in [0.15, 0.2) is 0 Å². The molecule has 2 aromatic rings. The van der Waals surface area contributed by atoms with Crippen LogP contribution >= 0.6 is 11.6 Å². The average Bonchev–Trinajstić information content (AvgIpc) is 2.59. The Bertz CT molecular complexity index is 479. The summed E-state index contributed by atoms with van der Waals surface area (Å²) in [7, 11) is 0. The van der Waals surface area contributed by atoms with Crippen LogP contribution in [0.15, 0.2) is 30.5 Å². The van der Waals surface area contributed by atoms with E-state index in [1.54, 1.807) is 12.3 Å². The first kappa shape index (κ1) is 10.2. The first-order valence-electron chi connectivity index (χ1n) is 4.69. The van der Waals surface area contributed by atoms with Crippen molar-refractivity contribution in [2.75, 3.05) is 0 Å². The second kappa shape index (κ2) is 4.03. The minimum Gasteiger partial charge on any atom is -0.315 e. The maximum Gasteiger partial charge on any atom is 0.203 e. The van der Waals surface area contributed by atoms with Gasteiger partial charge in [-0.1, -0.05) is 12.1 Å². The summed E-state index contributed by atoms with van der Waals surface area (Å²) in [5.41, 5.74) is 1.62. The van der Waals surface area contributed by atoms with Gasteiger partial charge in [-0.2, -0.15) is 0 Å². The molecule has 0 radical (unpaired) electrons. The molecule has 1 aromatic heterocycles. The molecule has 2 rings (SSSR count). The molecular weight excluding hydrogens is 215 g/mol. The Hall–Kier alpha value is -1.35. The molecule has 0 aliphatic rings. The number of halogens is 2. The van der Waals surface area contributed by atoms with Gasteiger partial charge in [0, 0.05) is 12.1 Å². The molecule has 0 unspecified atom stereocenters. The number of nitrogens with zero attached hydrogens (tertiary/aromatic N) is 2. The molecule has 1 heterocycles. The van der Waals surface area contributed by atoms with Crippen molar-refractivity contribution in [1.29, 1.82) is 0 Å². The maximum atomic E-state index is 13.0. The zero-order valence-corrected chi connectivity index (χ0v) is 9.00. The van der Waals surface area contributed by atoms with Crippen LogP contribution in [0.3, 0.4) is 0 Å². The molecule has 1 aromatic carbocycles. The molecule has 0 saturated carbocycles. The molecule has 0 saturated heterocycles. The van der Waals surface area contributed by atoms with Crippen molar-refractivity contribution < 1.29 is 4.39 Å². The van der Waals surface area contributed by atoms with Gasteiger partial charge < -0.3 is 4.57 Å². The number of aromatic nitrogens is 2. The summed E-state index contributed by atoms with van der Waals surface area (Å²) in [6.07, 6.45) is 1.65. The van der Waals surface area contributed by atoms with Crippen molar-refractivity contribution in [2.24, 2.45) is 0 Å². The molecule has 0 bridgehead atoms. The smallest absolute Gasteiger partial charge is 0.203 e. The molecule has 0 aliphatic heterocycles. The third-order valence-corrected chi connectivity index (χ3v) is 2.55. The van der Waals surface area contributed by atoms with Gasteiger partial charge in [0.1, 0.15) is 5.82 Å². The fourth-order valence-corrected chi connectivity index (χ4v) is 1.79. The second-order valence-corrected chi connectivity index (χ2v) is 3.51. The number of hydrogen-bond acceptors (Lipinski definition) is 1. The van der Waals surface area contributed by atoms with Crippen molar-refractivity contribution in [3.8, 4) is 11.3 Å². The van der Waals surface area contributed by atoms with Crippen LogP contribution in [0.25, 0.3) is 11.3 Å². The number of benzene rings is 1. The van der Waals surface area contributed by atoms with E-state index in [0.29, 0.717) is 11.8 Å². The van der Waals surface area contributed by atoms with Crippen molar-refractivity contribution in [2.45, 2.75) is 13.5 Å². The number of rotatable bonds is 2. The highest BCUT2D eigenvalue weighted by Gasteiger charge is 2.08. The molecule has 0 amide bonds. The lowest BCUT2D eigenvalue weighted by Gasteiger charge is -2.05. The van der Waals surface area contributed by atoms with Crippen LogP contribution in [0.2, 0.25) is 5.28 Å². The fourth-order valence-electron chi connectivity index (χ4n) is 1.53. The summed E-state index contributed by atoms with van der Waals surface area (Å²) in [4.78, 5) is 4.00. The van der Waals surface area contributed by atoms with Crippen molar-refractivity contribution in [3.05, 3.63) is 41.6 Å². The van der Waals surface area contributed by atoms with Gasteiger partial charge in [0.25, 0.3) is 0 Å². The van der Waals surface area contributed by atoms with Crippen LogP contribution in [0.1, 0.15) is 6.92 Å². The first-order valence-corrected chi connectivity index (χ1v) is 5.07. The molecule has 15 heavy (non-hydrogen) atoms. The topological polar surface area (TPSA) is 17.8 Å². The van der Waals surface area contributed by atoms with Crippen LogP contribution < -0.4 is 0 Å². The SMILES string of the molecule is CCn1c(-c2cccc(F)c2)cnc1Cl. The third-order valence-electron chi connectivity index (χ3n) is 2.24. The molecule has 0 aliphatic carbocycles. The Labute approximate surface area is 92.3 Å².